The predicted molar refractivity (Wildman–Crippen MR) is 79.0 cm³/mol. The predicted octanol–water partition coefficient (Wildman–Crippen LogP) is 1.48. The van der Waals surface area contributed by atoms with Gasteiger partial charge in [-0.25, -0.2) is 0 Å². The minimum Gasteiger partial charge on any atom is -0.370 e. The fourth-order valence-corrected chi connectivity index (χ4v) is 2.47. The van der Waals surface area contributed by atoms with Crippen molar-refractivity contribution in [3.8, 4) is 0 Å². The highest BCUT2D eigenvalue weighted by Crippen LogP contribution is 2.17. The van der Waals surface area contributed by atoms with E-state index in [0.29, 0.717) is 25.0 Å². The van der Waals surface area contributed by atoms with Crippen molar-refractivity contribution in [2.45, 2.75) is 58.4 Å². The number of guanidine groups is 1. The van der Waals surface area contributed by atoms with E-state index in [-0.39, 0.29) is 5.91 Å². The molecule has 0 bridgehead atoms. The first-order valence-corrected chi connectivity index (χ1v) is 7.51. The Balaban J connectivity index is 2.23. The van der Waals surface area contributed by atoms with E-state index in [4.69, 9.17) is 5.73 Å². The minimum absolute atomic E-state index is 0.1000. The Morgan fingerprint density at radius 1 is 1.26 bits per heavy atom. The molecule has 1 rings (SSSR count). The third-order valence-corrected chi connectivity index (χ3v) is 3.67. The van der Waals surface area contributed by atoms with Gasteiger partial charge < -0.3 is 16.0 Å². The lowest BCUT2D eigenvalue weighted by Crippen LogP contribution is -2.38. The van der Waals surface area contributed by atoms with Gasteiger partial charge in [0.2, 0.25) is 5.91 Å². The molecule has 0 aromatic carbocycles. The summed E-state index contributed by atoms with van der Waals surface area (Å²) in [6.45, 7) is 6.25. The molecule has 19 heavy (non-hydrogen) atoms. The lowest BCUT2D eigenvalue weighted by atomic mass is 9.95. The maximum atomic E-state index is 11.8. The lowest BCUT2D eigenvalue weighted by molar-refractivity contribution is -0.121. The highest BCUT2D eigenvalue weighted by molar-refractivity contribution is 5.79. The van der Waals surface area contributed by atoms with Crippen molar-refractivity contribution in [1.29, 1.82) is 0 Å². The monoisotopic (exact) mass is 268 g/mol. The normalized spacial score (nSPS) is 17.3. The maximum absolute atomic E-state index is 11.8. The quantitative estimate of drug-likeness (QED) is 0.566. The van der Waals surface area contributed by atoms with Gasteiger partial charge in [0.05, 0.1) is 6.54 Å². The Morgan fingerprint density at radius 2 is 1.89 bits per heavy atom. The number of carbonyl (C=O) groups is 1. The topological polar surface area (TPSA) is 70.7 Å². The van der Waals surface area contributed by atoms with Crippen LogP contribution >= 0.6 is 0 Å². The van der Waals surface area contributed by atoms with Crippen molar-refractivity contribution in [2.75, 3.05) is 19.6 Å². The first-order valence-electron chi connectivity index (χ1n) is 7.51. The third kappa shape index (κ3) is 5.94. The van der Waals surface area contributed by atoms with E-state index in [1.807, 2.05) is 18.7 Å². The van der Waals surface area contributed by atoms with Gasteiger partial charge in [0, 0.05) is 25.6 Å². The van der Waals surface area contributed by atoms with Crippen LogP contribution < -0.4 is 11.1 Å². The Bertz CT molecular complexity index is 294. The van der Waals surface area contributed by atoms with E-state index >= 15 is 0 Å². The smallest absolute Gasteiger partial charge is 0.222 e. The molecule has 1 saturated carbocycles. The first kappa shape index (κ1) is 15.8. The van der Waals surface area contributed by atoms with Crippen molar-refractivity contribution in [3.05, 3.63) is 0 Å². The molecule has 0 aromatic rings. The molecule has 1 fully saturated rings. The molecule has 5 heteroatoms. The van der Waals surface area contributed by atoms with E-state index in [2.05, 4.69) is 10.3 Å². The molecule has 0 aliphatic heterocycles. The minimum atomic E-state index is 0.1000. The zero-order chi connectivity index (χ0) is 14.1. The molecule has 0 atom stereocenters. The summed E-state index contributed by atoms with van der Waals surface area (Å²) in [5, 5.41) is 3.09. The average Bonchev–Trinajstić information content (AvgIpc) is 2.41. The van der Waals surface area contributed by atoms with Crippen LogP contribution in [0.25, 0.3) is 0 Å². The number of nitrogens with one attached hydrogen (secondary N) is 1. The van der Waals surface area contributed by atoms with Crippen LogP contribution in [0.4, 0.5) is 0 Å². The average molecular weight is 268 g/mol. The van der Waals surface area contributed by atoms with Crippen LogP contribution in [0.5, 0.6) is 0 Å². The van der Waals surface area contributed by atoms with Gasteiger partial charge >= 0.3 is 0 Å². The number of rotatable bonds is 6. The summed E-state index contributed by atoms with van der Waals surface area (Å²) < 4.78 is 0. The summed E-state index contributed by atoms with van der Waals surface area (Å²) in [6, 6.07) is 0.380. The Kier molecular flexibility index (Phi) is 7.30. The van der Waals surface area contributed by atoms with Gasteiger partial charge in [-0.3, -0.25) is 9.79 Å². The maximum Gasteiger partial charge on any atom is 0.222 e. The second-order valence-corrected chi connectivity index (χ2v) is 5.06. The van der Waals surface area contributed by atoms with Crippen molar-refractivity contribution in [2.24, 2.45) is 10.7 Å². The summed E-state index contributed by atoms with van der Waals surface area (Å²) in [5.41, 5.74) is 5.85. The van der Waals surface area contributed by atoms with E-state index < -0.39 is 0 Å². The fraction of sp³-hybridized carbons (Fsp3) is 0.857. The van der Waals surface area contributed by atoms with Gasteiger partial charge in [-0.1, -0.05) is 19.3 Å². The summed E-state index contributed by atoms with van der Waals surface area (Å²) in [5.74, 6) is 0.637. The number of aliphatic imine (C=N–C) groups is 1. The highest BCUT2D eigenvalue weighted by atomic mass is 16.1. The van der Waals surface area contributed by atoms with Gasteiger partial charge in [-0.05, 0) is 26.7 Å². The zero-order valence-electron chi connectivity index (χ0n) is 12.3. The van der Waals surface area contributed by atoms with Crippen LogP contribution in [-0.2, 0) is 4.79 Å². The third-order valence-electron chi connectivity index (χ3n) is 3.67. The summed E-state index contributed by atoms with van der Waals surface area (Å²) in [4.78, 5) is 18.0. The summed E-state index contributed by atoms with van der Waals surface area (Å²) in [7, 11) is 0. The van der Waals surface area contributed by atoms with Crippen LogP contribution in [-0.4, -0.2) is 42.4 Å². The van der Waals surface area contributed by atoms with Crippen molar-refractivity contribution < 1.29 is 4.79 Å². The number of nitrogens with zero attached hydrogens (tertiary/aromatic N) is 2. The Labute approximate surface area is 116 Å². The van der Waals surface area contributed by atoms with Crippen LogP contribution in [0, 0.1) is 0 Å². The van der Waals surface area contributed by atoms with Gasteiger partial charge in [-0.2, -0.15) is 0 Å². The number of hydrogen-bond donors (Lipinski definition) is 2. The zero-order valence-corrected chi connectivity index (χ0v) is 12.3. The molecular formula is C14H28N4O. The van der Waals surface area contributed by atoms with Gasteiger partial charge in [0.25, 0.3) is 0 Å². The Hall–Kier alpha value is -1.26. The SMILES string of the molecule is CCN(CC)C(N)=NCCC(=O)NC1CCCCC1. The molecule has 0 saturated heterocycles. The summed E-state index contributed by atoms with van der Waals surface area (Å²) in [6.07, 6.45) is 6.44. The van der Waals surface area contributed by atoms with Crippen LogP contribution in [0.3, 0.4) is 0 Å². The molecule has 0 aromatic heterocycles. The molecular weight excluding hydrogens is 240 g/mol. The van der Waals surface area contributed by atoms with Gasteiger partial charge in [0.1, 0.15) is 0 Å². The van der Waals surface area contributed by atoms with Crippen molar-refractivity contribution in [1.82, 2.24) is 10.2 Å². The second kappa shape index (κ2) is 8.77. The first-order chi connectivity index (χ1) is 9.17. The Morgan fingerprint density at radius 3 is 2.47 bits per heavy atom. The standard InChI is InChI=1S/C14H28N4O/c1-3-18(4-2)14(15)16-11-10-13(19)17-12-8-6-5-7-9-12/h12H,3-11H2,1-2H3,(H2,15,16)(H,17,19). The van der Waals surface area contributed by atoms with E-state index in [1.165, 1.54) is 19.3 Å². The van der Waals surface area contributed by atoms with E-state index in [9.17, 15) is 4.79 Å². The van der Waals surface area contributed by atoms with E-state index in [0.717, 1.165) is 25.9 Å². The molecule has 0 unspecified atom stereocenters. The van der Waals surface area contributed by atoms with Crippen LogP contribution in [0.15, 0.2) is 4.99 Å². The molecule has 0 spiro atoms. The van der Waals surface area contributed by atoms with Crippen molar-refractivity contribution in [3.63, 3.8) is 0 Å². The number of hydrogen-bond acceptors (Lipinski definition) is 2. The molecule has 5 nitrogen and oxygen atoms in total. The number of carbonyl (C=O) groups excluding carboxylic acids is 1. The molecule has 0 radical (unpaired) electrons. The van der Waals surface area contributed by atoms with Crippen molar-refractivity contribution >= 4 is 11.9 Å². The highest BCUT2D eigenvalue weighted by Gasteiger charge is 2.15. The fourth-order valence-electron chi connectivity index (χ4n) is 2.47. The lowest BCUT2D eigenvalue weighted by Gasteiger charge is -2.22. The van der Waals surface area contributed by atoms with Gasteiger partial charge in [-0.15, -0.1) is 0 Å². The second-order valence-electron chi connectivity index (χ2n) is 5.06. The molecule has 1 aliphatic rings. The van der Waals surface area contributed by atoms with Crippen LogP contribution in [0.2, 0.25) is 0 Å². The number of amides is 1. The molecule has 110 valence electrons. The largest absolute Gasteiger partial charge is 0.370 e. The molecule has 3 N–H and O–H groups in total. The summed E-state index contributed by atoms with van der Waals surface area (Å²) >= 11 is 0. The van der Waals surface area contributed by atoms with Gasteiger partial charge in [0.15, 0.2) is 5.96 Å². The van der Waals surface area contributed by atoms with E-state index in [1.54, 1.807) is 0 Å². The molecule has 0 heterocycles. The van der Waals surface area contributed by atoms with Crippen LogP contribution in [0.1, 0.15) is 52.4 Å². The number of nitrogens with two attached hydrogens (primary N) is 1. The molecule has 1 amide bonds. The molecule has 1 aliphatic carbocycles.